The maximum atomic E-state index is 11.6. The van der Waals surface area contributed by atoms with E-state index in [2.05, 4.69) is 30.9 Å². The van der Waals surface area contributed by atoms with Crippen LogP contribution in [0.3, 0.4) is 0 Å². The van der Waals surface area contributed by atoms with Crippen LogP contribution in [-0.2, 0) is 11.9 Å². The Balaban J connectivity index is 1.95. The number of aromatic nitrogens is 1. The summed E-state index contributed by atoms with van der Waals surface area (Å²) in [5.41, 5.74) is 2.53. The number of carbonyl (C=O) groups excluding carboxylic acids is 1. The molecule has 0 radical (unpaired) electrons. The molecule has 5 heteroatoms. The molecule has 0 bridgehead atoms. The molecule has 17 heavy (non-hydrogen) atoms. The summed E-state index contributed by atoms with van der Waals surface area (Å²) >= 11 is 3.39. The van der Waals surface area contributed by atoms with Crippen molar-refractivity contribution < 1.29 is 9.32 Å². The highest BCUT2D eigenvalue weighted by atomic mass is 79.9. The largest absolute Gasteiger partial charge is 0.364 e. The Bertz CT molecular complexity index is 497. The molecule has 0 saturated carbocycles. The van der Waals surface area contributed by atoms with Gasteiger partial charge in [-0.15, -0.1) is 0 Å². The van der Waals surface area contributed by atoms with E-state index in [1.807, 2.05) is 24.3 Å². The minimum absolute atomic E-state index is 0.233. The van der Waals surface area contributed by atoms with Crippen molar-refractivity contribution in [3.05, 3.63) is 53.4 Å². The van der Waals surface area contributed by atoms with Gasteiger partial charge in [0.25, 0.3) is 5.91 Å². The lowest BCUT2D eigenvalue weighted by atomic mass is 10.1. The van der Waals surface area contributed by atoms with E-state index in [1.54, 1.807) is 0 Å². The van der Waals surface area contributed by atoms with Crippen molar-refractivity contribution in [1.82, 2.24) is 10.5 Å². The van der Waals surface area contributed by atoms with E-state index >= 15 is 0 Å². The van der Waals surface area contributed by atoms with Crippen molar-refractivity contribution in [3.8, 4) is 0 Å². The predicted octanol–water partition coefficient (Wildman–Crippen LogP) is 2.50. The number of nitrogens with zero attached hydrogens (tertiary/aromatic N) is 1. The first-order chi connectivity index (χ1) is 8.29. The lowest BCUT2D eigenvalue weighted by Crippen LogP contribution is -2.23. The standard InChI is InChI=1S/C12H11BrN2O2/c13-7-9-2-1-3-10(6-9)8-14-12(16)11-4-5-17-15-11/h1-6H,7-8H2,(H,14,16). The molecule has 0 aliphatic heterocycles. The lowest BCUT2D eigenvalue weighted by molar-refractivity contribution is 0.0942. The predicted molar refractivity (Wildman–Crippen MR) is 66.7 cm³/mol. The van der Waals surface area contributed by atoms with Crippen LogP contribution >= 0.6 is 15.9 Å². The molecular weight excluding hydrogens is 284 g/mol. The highest BCUT2D eigenvalue weighted by molar-refractivity contribution is 9.08. The molecule has 1 N–H and O–H groups in total. The Labute approximate surface area is 107 Å². The summed E-state index contributed by atoms with van der Waals surface area (Å²) in [4.78, 5) is 11.6. The molecule has 1 aromatic carbocycles. The summed E-state index contributed by atoms with van der Waals surface area (Å²) in [6.45, 7) is 0.479. The van der Waals surface area contributed by atoms with Gasteiger partial charge < -0.3 is 9.84 Å². The van der Waals surface area contributed by atoms with E-state index in [9.17, 15) is 4.79 Å². The van der Waals surface area contributed by atoms with E-state index in [4.69, 9.17) is 0 Å². The summed E-state index contributed by atoms with van der Waals surface area (Å²) in [6.07, 6.45) is 1.38. The molecule has 1 heterocycles. The lowest BCUT2D eigenvalue weighted by Gasteiger charge is -2.04. The van der Waals surface area contributed by atoms with Crippen LogP contribution in [0, 0.1) is 0 Å². The summed E-state index contributed by atoms with van der Waals surface area (Å²) in [5, 5.41) is 7.15. The third-order valence-electron chi connectivity index (χ3n) is 2.27. The van der Waals surface area contributed by atoms with Gasteiger partial charge in [-0.05, 0) is 11.1 Å². The highest BCUT2D eigenvalue weighted by Crippen LogP contribution is 2.08. The van der Waals surface area contributed by atoms with Crippen LogP contribution in [0.2, 0.25) is 0 Å². The van der Waals surface area contributed by atoms with Crippen LogP contribution < -0.4 is 5.32 Å². The van der Waals surface area contributed by atoms with Gasteiger partial charge in [0.05, 0.1) is 0 Å². The molecule has 1 amide bonds. The van der Waals surface area contributed by atoms with Gasteiger partial charge in [0.2, 0.25) is 0 Å². The molecule has 2 aromatic rings. The Morgan fingerprint density at radius 1 is 1.35 bits per heavy atom. The minimum Gasteiger partial charge on any atom is -0.364 e. The second-order valence-electron chi connectivity index (χ2n) is 3.52. The number of alkyl halides is 1. The summed E-state index contributed by atoms with van der Waals surface area (Å²) in [5.74, 6) is -0.233. The fraction of sp³-hybridized carbons (Fsp3) is 0.167. The van der Waals surface area contributed by atoms with Crippen molar-refractivity contribution in [3.63, 3.8) is 0 Å². The first-order valence-electron chi connectivity index (χ1n) is 5.12. The van der Waals surface area contributed by atoms with Gasteiger partial charge in [-0.25, -0.2) is 0 Å². The maximum Gasteiger partial charge on any atom is 0.273 e. The molecule has 0 aliphatic carbocycles. The maximum absolute atomic E-state index is 11.6. The molecule has 0 atom stereocenters. The SMILES string of the molecule is O=C(NCc1cccc(CBr)c1)c1ccon1. The summed E-state index contributed by atoms with van der Waals surface area (Å²) < 4.78 is 4.61. The zero-order chi connectivity index (χ0) is 12.1. The van der Waals surface area contributed by atoms with Gasteiger partial charge in [0.1, 0.15) is 6.26 Å². The minimum atomic E-state index is -0.233. The number of benzene rings is 1. The molecule has 2 rings (SSSR count). The van der Waals surface area contributed by atoms with E-state index < -0.39 is 0 Å². The van der Waals surface area contributed by atoms with Gasteiger partial charge in [-0.3, -0.25) is 4.79 Å². The van der Waals surface area contributed by atoms with Gasteiger partial charge in [0, 0.05) is 17.9 Å². The fourth-order valence-corrected chi connectivity index (χ4v) is 1.77. The summed E-state index contributed by atoms with van der Waals surface area (Å²) in [6, 6.07) is 9.53. The van der Waals surface area contributed by atoms with Crippen molar-refractivity contribution in [2.75, 3.05) is 0 Å². The van der Waals surface area contributed by atoms with Crippen LogP contribution in [0.15, 0.2) is 41.1 Å². The van der Waals surface area contributed by atoms with E-state index in [0.717, 1.165) is 10.9 Å². The van der Waals surface area contributed by atoms with Crippen molar-refractivity contribution in [1.29, 1.82) is 0 Å². The first-order valence-corrected chi connectivity index (χ1v) is 6.24. The molecule has 0 saturated heterocycles. The number of hydrogen-bond acceptors (Lipinski definition) is 3. The Morgan fingerprint density at radius 2 is 2.18 bits per heavy atom. The number of carbonyl (C=O) groups is 1. The van der Waals surface area contributed by atoms with Gasteiger partial charge in [0.15, 0.2) is 5.69 Å². The molecule has 0 spiro atoms. The zero-order valence-corrected chi connectivity index (χ0v) is 10.6. The van der Waals surface area contributed by atoms with Crippen LogP contribution in [0.5, 0.6) is 0 Å². The smallest absolute Gasteiger partial charge is 0.273 e. The Morgan fingerprint density at radius 3 is 2.88 bits per heavy atom. The number of hydrogen-bond donors (Lipinski definition) is 1. The van der Waals surface area contributed by atoms with Crippen LogP contribution in [0.25, 0.3) is 0 Å². The van der Waals surface area contributed by atoms with E-state index in [1.165, 1.54) is 17.9 Å². The Kier molecular flexibility index (Phi) is 3.93. The van der Waals surface area contributed by atoms with Crippen molar-refractivity contribution in [2.24, 2.45) is 0 Å². The third-order valence-corrected chi connectivity index (χ3v) is 2.92. The molecular formula is C12H11BrN2O2. The third kappa shape index (κ3) is 3.17. The quantitative estimate of drug-likeness (QED) is 0.882. The molecule has 4 nitrogen and oxygen atoms in total. The second kappa shape index (κ2) is 5.63. The van der Waals surface area contributed by atoms with Crippen LogP contribution in [0.1, 0.15) is 21.6 Å². The van der Waals surface area contributed by atoms with Gasteiger partial charge in [-0.2, -0.15) is 0 Å². The van der Waals surface area contributed by atoms with Crippen LogP contribution in [-0.4, -0.2) is 11.1 Å². The summed E-state index contributed by atoms with van der Waals surface area (Å²) in [7, 11) is 0. The molecule has 0 fully saturated rings. The monoisotopic (exact) mass is 294 g/mol. The fourth-order valence-electron chi connectivity index (χ4n) is 1.43. The number of amides is 1. The molecule has 0 aliphatic rings. The van der Waals surface area contributed by atoms with E-state index in [0.29, 0.717) is 12.2 Å². The van der Waals surface area contributed by atoms with Gasteiger partial charge in [-0.1, -0.05) is 45.4 Å². The molecule has 88 valence electrons. The highest BCUT2D eigenvalue weighted by Gasteiger charge is 2.07. The normalized spacial score (nSPS) is 10.2. The van der Waals surface area contributed by atoms with Crippen molar-refractivity contribution >= 4 is 21.8 Å². The average molecular weight is 295 g/mol. The Hall–Kier alpha value is -1.62. The van der Waals surface area contributed by atoms with Gasteiger partial charge >= 0.3 is 0 Å². The average Bonchev–Trinajstić information content (AvgIpc) is 2.90. The number of nitrogens with one attached hydrogen (secondary N) is 1. The van der Waals surface area contributed by atoms with E-state index in [-0.39, 0.29) is 5.91 Å². The molecule has 1 aromatic heterocycles. The second-order valence-corrected chi connectivity index (χ2v) is 4.08. The first kappa shape index (κ1) is 11.9. The topological polar surface area (TPSA) is 55.1 Å². The van der Waals surface area contributed by atoms with Crippen LogP contribution in [0.4, 0.5) is 0 Å². The number of rotatable bonds is 4. The van der Waals surface area contributed by atoms with Crippen molar-refractivity contribution in [2.45, 2.75) is 11.9 Å². The zero-order valence-electron chi connectivity index (χ0n) is 9.02. The number of halogens is 1. The molecule has 0 unspecified atom stereocenters.